The number of nitrogens with one attached hydrogen (secondary N) is 1. The molecule has 0 spiro atoms. The fourth-order valence-corrected chi connectivity index (χ4v) is 2.44. The molecule has 0 heterocycles. The largest absolute Gasteiger partial charge is 0.496 e. The van der Waals surface area contributed by atoms with Crippen molar-refractivity contribution in [2.45, 2.75) is 20.4 Å². The third-order valence-corrected chi connectivity index (χ3v) is 3.64. The fourth-order valence-electron chi connectivity index (χ4n) is 2.03. The number of carbonyl (C=O) groups is 1. The molecule has 0 aromatic heterocycles. The summed E-state index contributed by atoms with van der Waals surface area (Å²) < 4.78 is 6.32. The number of ether oxygens (including phenoxy) is 1. The third-order valence-electron chi connectivity index (χ3n) is 3.15. The van der Waals surface area contributed by atoms with Crippen LogP contribution in [0.25, 0.3) is 0 Å². The van der Waals surface area contributed by atoms with Gasteiger partial charge >= 0.3 is 0 Å². The molecular weight excluding hydrogens is 320 g/mol. The molecule has 0 aliphatic heterocycles. The molecule has 1 aromatic rings. The molecule has 1 unspecified atom stereocenters. The molecule has 1 atom stereocenters. The summed E-state index contributed by atoms with van der Waals surface area (Å²) in [7, 11) is 3.47. The summed E-state index contributed by atoms with van der Waals surface area (Å²) >= 11 is 3.45. The average molecular weight is 343 g/mol. The number of hydrogen-bond acceptors (Lipinski definition) is 3. The van der Waals surface area contributed by atoms with Crippen LogP contribution < -0.4 is 10.1 Å². The predicted molar refractivity (Wildman–Crippen MR) is 84.9 cm³/mol. The Bertz CT molecular complexity index is 451. The summed E-state index contributed by atoms with van der Waals surface area (Å²) in [5, 5.41) is 3.20. The van der Waals surface area contributed by atoms with Gasteiger partial charge in [0.2, 0.25) is 5.91 Å². The summed E-state index contributed by atoms with van der Waals surface area (Å²) in [5.41, 5.74) is 0.994. The second kappa shape index (κ2) is 8.27. The molecule has 1 rings (SSSR count). The molecule has 1 N–H and O–H groups in total. The van der Waals surface area contributed by atoms with Crippen LogP contribution >= 0.6 is 15.9 Å². The number of carbonyl (C=O) groups excluding carboxylic acids is 1. The van der Waals surface area contributed by atoms with Crippen molar-refractivity contribution in [2.24, 2.45) is 5.92 Å². The SMILES string of the molecule is CCNCC(C)C(=O)N(C)Cc1cc(Br)ccc1OC. The van der Waals surface area contributed by atoms with E-state index in [1.54, 1.807) is 12.0 Å². The van der Waals surface area contributed by atoms with Gasteiger partial charge in [-0.2, -0.15) is 0 Å². The number of halogens is 1. The second-order valence-electron chi connectivity index (χ2n) is 4.86. The van der Waals surface area contributed by atoms with Gasteiger partial charge in [0.1, 0.15) is 5.75 Å². The smallest absolute Gasteiger partial charge is 0.226 e. The molecule has 5 heteroatoms. The van der Waals surface area contributed by atoms with Crippen LogP contribution in [0.1, 0.15) is 19.4 Å². The van der Waals surface area contributed by atoms with Crippen LogP contribution in [-0.2, 0) is 11.3 Å². The second-order valence-corrected chi connectivity index (χ2v) is 5.77. The highest BCUT2D eigenvalue weighted by Crippen LogP contribution is 2.24. The van der Waals surface area contributed by atoms with E-state index >= 15 is 0 Å². The minimum atomic E-state index is -0.0295. The van der Waals surface area contributed by atoms with E-state index < -0.39 is 0 Å². The monoisotopic (exact) mass is 342 g/mol. The molecule has 0 saturated carbocycles. The van der Waals surface area contributed by atoms with Gasteiger partial charge in [-0.25, -0.2) is 0 Å². The highest BCUT2D eigenvalue weighted by atomic mass is 79.9. The van der Waals surface area contributed by atoms with Gasteiger partial charge in [0.15, 0.2) is 0 Å². The van der Waals surface area contributed by atoms with Crippen molar-refractivity contribution >= 4 is 21.8 Å². The Hall–Kier alpha value is -1.07. The lowest BCUT2D eigenvalue weighted by atomic mass is 10.1. The van der Waals surface area contributed by atoms with E-state index in [1.807, 2.05) is 39.1 Å². The summed E-state index contributed by atoms with van der Waals surface area (Å²) in [6.07, 6.45) is 0. The zero-order valence-electron chi connectivity index (χ0n) is 12.6. The maximum atomic E-state index is 12.3. The first-order valence-corrected chi connectivity index (χ1v) is 7.57. The summed E-state index contributed by atoms with van der Waals surface area (Å²) in [6, 6.07) is 5.81. The lowest BCUT2D eigenvalue weighted by molar-refractivity contribution is -0.134. The fraction of sp³-hybridized carbons (Fsp3) is 0.533. The standard InChI is InChI=1S/C15H23BrN2O2/c1-5-17-9-11(2)15(19)18(3)10-12-8-13(16)6-7-14(12)20-4/h6-8,11,17H,5,9-10H2,1-4H3. The zero-order valence-corrected chi connectivity index (χ0v) is 14.2. The number of methoxy groups -OCH3 is 1. The maximum Gasteiger partial charge on any atom is 0.226 e. The molecule has 0 saturated heterocycles. The Morgan fingerprint density at radius 2 is 2.20 bits per heavy atom. The molecule has 20 heavy (non-hydrogen) atoms. The van der Waals surface area contributed by atoms with Crippen molar-refractivity contribution in [1.82, 2.24) is 10.2 Å². The minimum absolute atomic E-state index is 0.0295. The Labute approximate surface area is 129 Å². The normalized spacial score (nSPS) is 12.1. The number of benzene rings is 1. The van der Waals surface area contributed by atoms with Gasteiger partial charge in [0, 0.05) is 36.1 Å². The molecule has 1 amide bonds. The number of hydrogen-bond donors (Lipinski definition) is 1. The van der Waals surface area contributed by atoms with Gasteiger partial charge in [0.05, 0.1) is 7.11 Å². The maximum absolute atomic E-state index is 12.3. The molecule has 0 bridgehead atoms. The van der Waals surface area contributed by atoms with Crippen molar-refractivity contribution < 1.29 is 9.53 Å². The van der Waals surface area contributed by atoms with Gasteiger partial charge in [0.25, 0.3) is 0 Å². The number of amides is 1. The van der Waals surface area contributed by atoms with Crippen molar-refractivity contribution in [1.29, 1.82) is 0 Å². The van der Waals surface area contributed by atoms with E-state index in [4.69, 9.17) is 4.74 Å². The quantitative estimate of drug-likeness (QED) is 0.828. The molecule has 0 radical (unpaired) electrons. The van der Waals surface area contributed by atoms with Crippen molar-refractivity contribution in [3.63, 3.8) is 0 Å². The summed E-state index contributed by atoms with van der Waals surface area (Å²) in [6.45, 7) is 6.10. The third kappa shape index (κ3) is 4.80. The Kier molecular flexibility index (Phi) is 7.02. The van der Waals surface area contributed by atoms with E-state index in [9.17, 15) is 4.79 Å². The first kappa shape index (κ1) is 17.0. The molecule has 0 fully saturated rings. The van der Waals surface area contributed by atoms with Crippen molar-refractivity contribution in [3.05, 3.63) is 28.2 Å². The Morgan fingerprint density at radius 3 is 2.80 bits per heavy atom. The van der Waals surface area contributed by atoms with E-state index in [0.717, 1.165) is 22.3 Å². The van der Waals surface area contributed by atoms with E-state index in [1.165, 1.54) is 0 Å². The van der Waals surface area contributed by atoms with Crippen molar-refractivity contribution in [3.8, 4) is 5.75 Å². The van der Waals surface area contributed by atoms with Crippen LogP contribution in [0.2, 0.25) is 0 Å². The first-order valence-electron chi connectivity index (χ1n) is 6.77. The Balaban J connectivity index is 2.72. The number of nitrogens with zero attached hydrogens (tertiary/aromatic N) is 1. The van der Waals surface area contributed by atoms with Crippen LogP contribution in [0.5, 0.6) is 5.75 Å². The summed E-state index contributed by atoms with van der Waals surface area (Å²) in [4.78, 5) is 14.0. The lowest BCUT2D eigenvalue weighted by Crippen LogP contribution is -2.36. The van der Waals surface area contributed by atoms with Crippen LogP contribution in [-0.4, -0.2) is 38.1 Å². The predicted octanol–water partition coefficient (Wildman–Crippen LogP) is 2.66. The average Bonchev–Trinajstić information content (AvgIpc) is 2.44. The van der Waals surface area contributed by atoms with Crippen molar-refractivity contribution in [2.75, 3.05) is 27.2 Å². The molecule has 4 nitrogen and oxygen atoms in total. The first-order chi connectivity index (χ1) is 9.49. The van der Waals surface area contributed by atoms with Gasteiger partial charge in [-0.3, -0.25) is 4.79 Å². The molecule has 112 valence electrons. The van der Waals surface area contributed by atoms with E-state index in [0.29, 0.717) is 13.1 Å². The zero-order chi connectivity index (χ0) is 15.1. The van der Waals surface area contributed by atoms with Gasteiger partial charge in [-0.1, -0.05) is 29.8 Å². The Morgan fingerprint density at radius 1 is 1.50 bits per heavy atom. The van der Waals surface area contributed by atoms with Gasteiger partial charge in [-0.15, -0.1) is 0 Å². The van der Waals surface area contributed by atoms with Crippen LogP contribution in [0.3, 0.4) is 0 Å². The van der Waals surface area contributed by atoms with Crippen LogP contribution in [0.4, 0.5) is 0 Å². The lowest BCUT2D eigenvalue weighted by Gasteiger charge is -2.22. The molecule has 0 aliphatic rings. The topological polar surface area (TPSA) is 41.6 Å². The van der Waals surface area contributed by atoms with Gasteiger partial charge in [-0.05, 0) is 24.7 Å². The van der Waals surface area contributed by atoms with Crippen LogP contribution in [0.15, 0.2) is 22.7 Å². The molecule has 1 aromatic carbocycles. The van der Waals surface area contributed by atoms with Gasteiger partial charge < -0.3 is 15.0 Å². The molecular formula is C15H23BrN2O2. The van der Waals surface area contributed by atoms with E-state index in [2.05, 4.69) is 21.2 Å². The highest BCUT2D eigenvalue weighted by molar-refractivity contribution is 9.10. The minimum Gasteiger partial charge on any atom is -0.496 e. The van der Waals surface area contributed by atoms with Crippen LogP contribution in [0, 0.1) is 5.92 Å². The highest BCUT2D eigenvalue weighted by Gasteiger charge is 2.18. The van der Waals surface area contributed by atoms with E-state index in [-0.39, 0.29) is 11.8 Å². The molecule has 0 aliphatic carbocycles. The number of rotatable bonds is 7. The summed E-state index contributed by atoms with van der Waals surface area (Å²) in [5.74, 6) is 0.901.